The normalized spacial score (nSPS) is 15.3. The minimum atomic E-state index is -4.76. The molecule has 0 aliphatic carbocycles. The Morgan fingerprint density at radius 3 is 2.19 bits per heavy atom. The first-order valence-corrected chi connectivity index (χ1v) is 11.3. The van der Waals surface area contributed by atoms with Gasteiger partial charge in [-0.2, -0.15) is 8.78 Å². The molecule has 2 aromatic carbocycles. The van der Waals surface area contributed by atoms with Crippen LogP contribution in [0.1, 0.15) is 17.3 Å². The summed E-state index contributed by atoms with van der Waals surface area (Å²) < 4.78 is 58.5. The summed E-state index contributed by atoms with van der Waals surface area (Å²) in [4.78, 5) is 26.1. The summed E-state index contributed by atoms with van der Waals surface area (Å²) in [7, 11) is -4.76. The van der Waals surface area contributed by atoms with E-state index in [1.54, 1.807) is 12.1 Å². The van der Waals surface area contributed by atoms with Crippen LogP contribution in [0.4, 0.5) is 20.2 Å². The third kappa shape index (κ3) is 5.60. The Balaban J connectivity index is 1.56. The van der Waals surface area contributed by atoms with Crippen molar-refractivity contribution in [3.8, 4) is 0 Å². The second kappa shape index (κ2) is 10.0. The number of halogens is 2. The Hall–Kier alpha value is -3.05. The van der Waals surface area contributed by atoms with Crippen molar-refractivity contribution in [1.29, 1.82) is 0 Å². The molecule has 1 saturated heterocycles. The van der Waals surface area contributed by atoms with E-state index in [0.717, 1.165) is 43.0 Å². The molecule has 32 heavy (non-hydrogen) atoms. The van der Waals surface area contributed by atoms with E-state index < -0.39 is 38.5 Å². The molecule has 2 aromatic rings. The second-order valence-corrected chi connectivity index (χ2v) is 8.93. The lowest BCUT2D eigenvalue weighted by atomic mass is 10.2. The van der Waals surface area contributed by atoms with E-state index >= 15 is 0 Å². The maximum absolute atomic E-state index is 12.6. The molecule has 1 N–H and O–H groups in total. The highest BCUT2D eigenvalue weighted by molar-refractivity contribution is 7.91. The van der Waals surface area contributed by atoms with Crippen LogP contribution in [0.15, 0.2) is 53.4 Å². The first kappa shape index (κ1) is 23.6. The van der Waals surface area contributed by atoms with E-state index in [-0.39, 0.29) is 5.56 Å². The van der Waals surface area contributed by atoms with Gasteiger partial charge < -0.3 is 19.7 Å². The highest BCUT2D eigenvalue weighted by Crippen LogP contribution is 2.21. The van der Waals surface area contributed by atoms with Gasteiger partial charge in [-0.05, 0) is 55.5 Å². The minimum Gasteiger partial charge on any atom is -0.449 e. The van der Waals surface area contributed by atoms with Crippen LogP contribution in [0, 0.1) is 0 Å². The average molecular weight is 468 g/mol. The molecule has 0 spiro atoms. The molecule has 172 valence electrons. The fraction of sp³-hybridized carbons (Fsp3) is 0.333. The molecule has 1 unspecified atom stereocenters. The van der Waals surface area contributed by atoms with Gasteiger partial charge in [0.15, 0.2) is 6.10 Å². The van der Waals surface area contributed by atoms with E-state index in [1.807, 2.05) is 12.1 Å². The van der Waals surface area contributed by atoms with Crippen molar-refractivity contribution in [2.45, 2.75) is 23.7 Å². The van der Waals surface area contributed by atoms with Crippen LogP contribution in [0.2, 0.25) is 0 Å². The SMILES string of the molecule is CC(OC(=O)c1ccc(S(=O)(=O)C(F)F)cc1)C(=O)Nc1ccc(N2CCOCC2)cc1. The molecule has 1 heterocycles. The smallest absolute Gasteiger partial charge is 0.341 e. The number of amides is 1. The molecule has 0 aromatic heterocycles. The van der Waals surface area contributed by atoms with E-state index in [2.05, 4.69) is 10.2 Å². The summed E-state index contributed by atoms with van der Waals surface area (Å²) in [6.07, 6.45) is -1.15. The molecule has 1 atom stereocenters. The van der Waals surface area contributed by atoms with Crippen molar-refractivity contribution >= 4 is 33.1 Å². The zero-order valence-corrected chi connectivity index (χ0v) is 18.0. The number of nitrogens with zero attached hydrogens (tertiary/aromatic N) is 1. The standard InChI is InChI=1S/C21H22F2N2O6S/c1-14(31-20(27)15-2-8-18(9-3-15)32(28,29)21(22)23)19(26)24-16-4-6-17(7-5-16)25-10-12-30-13-11-25/h2-9,14,21H,10-13H2,1H3,(H,24,26). The second-order valence-electron chi connectivity index (χ2n) is 7.01. The van der Waals surface area contributed by atoms with Gasteiger partial charge >= 0.3 is 11.7 Å². The first-order valence-electron chi connectivity index (χ1n) is 9.75. The third-order valence-electron chi connectivity index (χ3n) is 4.82. The number of rotatable bonds is 7. The highest BCUT2D eigenvalue weighted by atomic mass is 32.2. The van der Waals surface area contributed by atoms with Gasteiger partial charge in [0, 0.05) is 24.5 Å². The van der Waals surface area contributed by atoms with E-state index in [1.165, 1.54) is 6.92 Å². The van der Waals surface area contributed by atoms with Crippen molar-refractivity contribution < 1.29 is 36.3 Å². The van der Waals surface area contributed by atoms with Gasteiger partial charge in [-0.25, -0.2) is 13.2 Å². The Morgan fingerprint density at radius 1 is 1.03 bits per heavy atom. The van der Waals surface area contributed by atoms with Gasteiger partial charge in [-0.1, -0.05) is 0 Å². The molecule has 8 nitrogen and oxygen atoms in total. The van der Waals surface area contributed by atoms with E-state index in [0.29, 0.717) is 18.9 Å². The number of ether oxygens (including phenoxy) is 2. The molecule has 0 saturated carbocycles. The molecule has 3 rings (SSSR count). The molecular formula is C21H22F2N2O6S. The Bertz CT molecular complexity index is 1050. The van der Waals surface area contributed by atoms with Crippen LogP contribution < -0.4 is 10.2 Å². The van der Waals surface area contributed by atoms with Crippen molar-refractivity contribution in [2.75, 3.05) is 36.5 Å². The highest BCUT2D eigenvalue weighted by Gasteiger charge is 2.27. The lowest BCUT2D eigenvalue weighted by Crippen LogP contribution is -2.36. The number of benzene rings is 2. The summed E-state index contributed by atoms with van der Waals surface area (Å²) in [6.45, 7) is 4.27. The summed E-state index contributed by atoms with van der Waals surface area (Å²) in [5, 5.41) is 2.65. The quantitative estimate of drug-likeness (QED) is 0.624. The third-order valence-corrected chi connectivity index (χ3v) is 6.22. The molecule has 1 fully saturated rings. The molecule has 1 amide bonds. The zero-order valence-electron chi connectivity index (χ0n) is 17.2. The predicted octanol–water partition coefficient (Wildman–Crippen LogP) is 2.70. The van der Waals surface area contributed by atoms with Crippen LogP contribution in [-0.2, 0) is 24.1 Å². The maximum Gasteiger partial charge on any atom is 0.341 e. The van der Waals surface area contributed by atoms with Crippen molar-refractivity contribution in [3.63, 3.8) is 0 Å². The van der Waals surface area contributed by atoms with Gasteiger partial charge in [-0.15, -0.1) is 0 Å². The van der Waals surface area contributed by atoms with Crippen LogP contribution in [0.3, 0.4) is 0 Å². The molecule has 11 heteroatoms. The number of alkyl halides is 2. The molecule has 1 aliphatic heterocycles. The fourth-order valence-corrected chi connectivity index (χ4v) is 3.71. The van der Waals surface area contributed by atoms with Gasteiger partial charge in [0.05, 0.1) is 23.7 Å². The monoisotopic (exact) mass is 468 g/mol. The van der Waals surface area contributed by atoms with Crippen LogP contribution in [0.25, 0.3) is 0 Å². The summed E-state index contributed by atoms with van der Waals surface area (Å²) >= 11 is 0. The zero-order chi connectivity index (χ0) is 23.3. The lowest BCUT2D eigenvalue weighted by molar-refractivity contribution is -0.123. The van der Waals surface area contributed by atoms with Crippen molar-refractivity contribution in [1.82, 2.24) is 0 Å². The summed E-state index contributed by atoms with van der Waals surface area (Å²) in [5.41, 5.74) is 1.45. The summed E-state index contributed by atoms with van der Waals surface area (Å²) in [6, 6.07) is 11.1. The largest absolute Gasteiger partial charge is 0.449 e. The number of hydrogen-bond donors (Lipinski definition) is 1. The topological polar surface area (TPSA) is 102 Å². The molecular weight excluding hydrogens is 446 g/mol. The van der Waals surface area contributed by atoms with Gasteiger partial charge in [0.25, 0.3) is 5.91 Å². The van der Waals surface area contributed by atoms with E-state index in [4.69, 9.17) is 9.47 Å². The fourth-order valence-electron chi connectivity index (χ4n) is 2.99. The number of hydrogen-bond acceptors (Lipinski definition) is 7. The predicted molar refractivity (Wildman–Crippen MR) is 113 cm³/mol. The minimum absolute atomic E-state index is 0.0762. The number of anilines is 2. The number of esters is 1. The molecule has 0 bridgehead atoms. The Labute approximate surface area is 184 Å². The van der Waals surface area contributed by atoms with Crippen LogP contribution in [0.5, 0.6) is 0 Å². The summed E-state index contributed by atoms with van der Waals surface area (Å²) in [5.74, 6) is -5.02. The number of carbonyl (C=O) groups excluding carboxylic acids is 2. The van der Waals surface area contributed by atoms with Crippen LogP contribution in [-0.4, -0.2) is 58.5 Å². The van der Waals surface area contributed by atoms with Crippen LogP contribution >= 0.6 is 0 Å². The van der Waals surface area contributed by atoms with Crippen molar-refractivity contribution in [3.05, 3.63) is 54.1 Å². The molecule has 1 aliphatic rings. The lowest BCUT2D eigenvalue weighted by Gasteiger charge is -2.28. The van der Waals surface area contributed by atoms with E-state index in [9.17, 15) is 26.8 Å². The average Bonchev–Trinajstić information content (AvgIpc) is 2.80. The number of sulfone groups is 1. The number of nitrogens with one attached hydrogen (secondary N) is 1. The Kier molecular flexibility index (Phi) is 7.41. The maximum atomic E-state index is 12.6. The number of carbonyl (C=O) groups is 2. The van der Waals surface area contributed by atoms with Gasteiger partial charge in [0.1, 0.15) is 0 Å². The van der Waals surface area contributed by atoms with Gasteiger partial charge in [-0.3, -0.25) is 4.79 Å². The number of morpholine rings is 1. The van der Waals surface area contributed by atoms with Gasteiger partial charge in [0.2, 0.25) is 9.84 Å². The first-order chi connectivity index (χ1) is 15.2. The Morgan fingerprint density at radius 2 is 1.62 bits per heavy atom. The molecule has 0 radical (unpaired) electrons. The van der Waals surface area contributed by atoms with Crippen molar-refractivity contribution in [2.24, 2.45) is 0 Å².